The van der Waals surface area contributed by atoms with Crippen molar-refractivity contribution in [3.63, 3.8) is 0 Å². The summed E-state index contributed by atoms with van der Waals surface area (Å²) in [6.07, 6.45) is 15.2. The van der Waals surface area contributed by atoms with Gasteiger partial charge < -0.3 is 10.0 Å². The number of hydrogen-bond acceptors (Lipinski definition) is 5. The number of nitrogens with one attached hydrogen (secondary N) is 1. The van der Waals surface area contributed by atoms with Crippen LogP contribution in [0.3, 0.4) is 0 Å². The van der Waals surface area contributed by atoms with Crippen LogP contribution in [0.5, 0.6) is 0 Å². The molecule has 30 heavy (non-hydrogen) atoms. The number of rotatable bonds is 9. The quantitative estimate of drug-likeness (QED) is 0.442. The molecular weight excluding hydrogens is 418 g/mol. The lowest BCUT2D eigenvalue weighted by molar-refractivity contribution is -0.133. The Morgan fingerprint density at radius 1 is 1.17 bits per heavy atom. The average Bonchev–Trinajstić information content (AvgIpc) is 3.21. The summed E-state index contributed by atoms with van der Waals surface area (Å²) in [7, 11) is 0. The molecule has 0 aromatic carbocycles. The van der Waals surface area contributed by atoms with Crippen molar-refractivity contribution in [3.05, 3.63) is 6.20 Å². The van der Waals surface area contributed by atoms with Crippen LogP contribution in [0.25, 0.3) is 0 Å². The molecule has 1 heterocycles. The van der Waals surface area contributed by atoms with E-state index in [2.05, 4.69) is 22.1 Å². The third kappa shape index (κ3) is 7.15. The van der Waals surface area contributed by atoms with E-state index >= 15 is 0 Å². The lowest BCUT2D eigenvalue weighted by Gasteiger charge is -2.37. The molecule has 8 heteroatoms. The number of carboxylic acid groups (broad SMARTS) is 1. The van der Waals surface area contributed by atoms with Gasteiger partial charge in [0.1, 0.15) is 0 Å². The molecule has 0 saturated heterocycles. The number of hydrogen-bond donors (Lipinski definition) is 2. The van der Waals surface area contributed by atoms with Crippen LogP contribution in [0.2, 0.25) is 0 Å². The van der Waals surface area contributed by atoms with Crippen LogP contribution in [0.15, 0.2) is 10.4 Å². The van der Waals surface area contributed by atoms with Crippen LogP contribution in [0.1, 0.15) is 77.6 Å². The fourth-order valence-corrected chi connectivity index (χ4v) is 6.37. The average molecular weight is 454 g/mol. The Kier molecular flexibility index (Phi) is 9.30. The molecule has 168 valence electrons. The van der Waals surface area contributed by atoms with E-state index < -0.39 is 5.97 Å². The minimum atomic E-state index is -0.851. The molecule has 2 N–H and O–H groups in total. The normalized spacial score (nSPS) is 22.6. The summed E-state index contributed by atoms with van der Waals surface area (Å²) in [5.41, 5.74) is 0. The minimum absolute atomic E-state index is 0.00373. The van der Waals surface area contributed by atoms with E-state index in [1.165, 1.54) is 74.5 Å². The second-order valence-corrected chi connectivity index (χ2v) is 11.0. The molecular formula is C22H35N3O3S2. The Morgan fingerprint density at radius 3 is 2.57 bits per heavy atom. The van der Waals surface area contributed by atoms with Crippen molar-refractivity contribution in [2.45, 2.75) is 87.8 Å². The van der Waals surface area contributed by atoms with Crippen molar-refractivity contribution in [2.24, 2.45) is 11.8 Å². The van der Waals surface area contributed by atoms with Gasteiger partial charge in [0.15, 0.2) is 5.13 Å². The maximum Gasteiger partial charge on any atom is 0.323 e. The van der Waals surface area contributed by atoms with Crippen molar-refractivity contribution in [1.29, 1.82) is 0 Å². The van der Waals surface area contributed by atoms with E-state index in [0.29, 0.717) is 11.2 Å². The van der Waals surface area contributed by atoms with Gasteiger partial charge in [0.25, 0.3) is 0 Å². The maximum atomic E-state index is 13.2. The van der Waals surface area contributed by atoms with Crippen LogP contribution in [-0.4, -0.2) is 45.3 Å². The van der Waals surface area contributed by atoms with Gasteiger partial charge in [-0.3, -0.25) is 10.1 Å². The smallest absolute Gasteiger partial charge is 0.323 e. The monoisotopic (exact) mass is 453 g/mol. The molecule has 1 aromatic heterocycles. The van der Waals surface area contributed by atoms with Crippen LogP contribution < -0.4 is 5.32 Å². The molecule has 2 amide bonds. The number of nitrogens with zero attached hydrogens (tertiary/aromatic N) is 2. The highest BCUT2D eigenvalue weighted by Crippen LogP contribution is 2.33. The van der Waals surface area contributed by atoms with E-state index in [4.69, 9.17) is 5.11 Å². The number of anilines is 1. The number of carbonyl (C=O) groups is 2. The summed E-state index contributed by atoms with van der Waals surface area (Å²) in [6, 6.07) is 0.270. The Balaban J connectivity index is 1.59. The second kappa shape index (κ2) is 11.9. The molecule has 3 rings (SSSR count). The highest BCUT2D eigenvalue weighted by molar-refractivity contribution is 8.01. The Hall–Kier alpha value is -1.28. The van der Waals surface area contributed by atoms with Crippen LogP contribution in [-0.2, 0) is 4.79 Å². The number of urea groups is 1. The number of aromatic nitrogens is 1. The van der Waals surface area contributed by atoms with E-state index in [9.17, 15) is 9.59 Å². The molecule has 2 aliphatic rings. The SMILES string of the molecule is CC[C@H]1CC[C@H](N(CCC2CCCCC2)C(=O)Nc2ncc(SCC(=O)O)s2)CC1. The van der Waals surface area contributed by atoms with Crippen LogP contribution in [0.4, 0.5) is 9.93 Å². The molecule has 0 atom stereocenters. The zero-order valence-electron chi connectivity index (χ0n) is 18.0. The van der Waals surface area contributed by atoms with Gasteiger partial charge in [-0.05, 0) is 43.9 Å². The number of carbonyl (C=O) groups excluding carboxylic acids is 1. The fraction of sp³-hybridized carbons (Fsp3) is 0.773. The first-order chi connectivity index (χ1) is 14.5. The largest absolute Gasteiger partial charge is 0.481 e. The van der Waals surface area contributed by atoms with E-state index in [0.717, 1.165) is 41.9 Å². The maximum absolute atomic E-state index is 13.2. The lowest BCUT2D eigenvalue weighted by Crippen LogP contribution is -2.45. The van der Waals surface area contributed by atoms with Gasteiger partial charge in [-0.1, -0.05) is 56.8 Å². The topological polar surface area (TPSA) is 82.5 Å². The van der Waals surface area contributed by atoms with E-state index in [1.54, 1.807) is 6.20 Å². The minimum Gasteiger partial charge on any atom is -0.481 e. The van der Waals surface area contributed by atoms with Gasteiger partial charge in [0.05, 0.1) is 16.2 Å². The summed E-state index contributed by atoms with van der Waals surface area (Å²) in [6.45, 7) is 3.09. The first kappa shape index (κ1) is 23.4. The summed E-state index contributed by atoms with van der Waals surface area (Å²) in [5, 5.41) is 12.4. The van der Waals surface area contributed by atoms with Gasteiger partial charge in [-0.25, -0.2) is 9.78 Å². The summed E-state index contributed by atoms with van der Waals surface area (Å²) in [4.78, 5) is 30.3. The molecule has 0 radical (unpaired) electrons. The highest BCUT2D eigenvalue weighted by atomic mass is 32.2. The first-order valence-electron chi connectivity index (χ1n) is 11.4. The Labute approximate surface area is 188 Å². The molecule has 0 bridgehead atoms. The molecule has 0 unspecified atom stereocenters. The van der Waals surface area contributed by atoms with Crippen molar-refractivity contribution < 1.29 is 14.7 Å². The Bertz CT molecular complexity index is 683. The number of aliphatic carboxylic acids is 1. The predicted molar refractivity (Wildman–Crippen MR) is 123 cm³/mol. The van der Waals surface area contributed by atoms with Crippen molar-refractivity contribution >= 4 is 40.2 Å². The van der Waals surface area contributed by atoms with Gasteiger partial charge in [-0.15, -0.1) is 11.8 Å². The highest BCUT2D eigenvalue weighted by Gasteiger charge is 2.29. The number of thiazole rings is 1. The van der Waals surface area contributed by atoms with Crippen molar-refractivity contribution in [1.82, 2.24) is 9.88 Å². The van der Waals surface area contributed by atoms with Gasteiger partial charge in [-0.2, -0.15) is 0 Å². The third-order valence-electron chi connectivity index (χ3n) is 6.63. The molecule has 0 aliphatic heterocycles. The Morgan fingerprint density at radius 2 is 1.90 bits per heavy atom. The summed E-state index contributed by atoms with van der Waals surface area (Å²) < 4.78 is 0.810. The number of thioether (sulfide) groups is 1. The van der Waals surface area contributed by atoms with Crippen LogP contribution in [0, 0.1) is 11.8 Å². The second-order valence-electron chi connectivity index (χ2n) is 8.67. The van der Waals surface area contributed by atoms with Crippen molar-refractivity contribution in [2.75, 3.05) is 17.6 Å². The summed E-state index contributed by atoms with van der Waals surface area (Å²) >= 11 is 2.58. The third-order valence-corrected chi connectivity index (χ3v) is 8.73. The molecule has 6 nitrogen and oxygen atoms in total. The van der Waals surface area contributed by atoms with Crippen molar-refractivity contribution in [3.8, 4) is 0 Å². The fourth-order valence-electron chi connectivity index (χ4n) is 4.79. The molecule has 0 spiro atoms. The van der Waals surface area contributed by atoms with Gasteiger partial charge in [0, 0.05) is 12.6 Å². The molecule has 2 fully saturated rings. The standard InChI is InChI=1S/C22H35N3O3S2/c1-2-16-8-10-18(11-9-16)25(13-12-17-6-4-3-5-7-17)22(28)24-21-23-14-20(30-21)29-15-19(26)27/h14,16-18H,2-13,15H2,1H3,(H,26,27)(H,23,24,28)/t16-,18-. The zero-order valence-corrected chi connectivity index (χ0v) is 19.6. The lowest BCUT2D eigenvalue weighted by atomic mass is 9.83. The van der Waals surface area contributed by atoms with Gasteiger partial charge >= 0.3 is 12.0 Å². The predicted octanol–water partition coefficient (Wildman–Crippen LogP) is 6.09. The molecule has 1 aromatic rings. The number of amides is 2. The van der Waals surface area contributed by atoms with Crippen LogP contribution >= 0.6 is 23.1 Å². The summed E-state index contributed by atoms with van der Waals surface area (Å²) in [5.74, 6) is 0.705. The number of carboxylic acids is 1. The molecule has 2 aliphatic carbocycles. The first-order valence-corrected chi connectivity index (χ1v) is 13.2. The van der Waals surface area contributed by atoms with E-state index in [-0.39, 0.29) is 11.8 Å². The zero-order chi connectivity index (χ0) is 21.3. The van der Waals surface area contributed by atoms with Gasteiger partial charge in [0.2, 0.25) is 0 Å². The van der Waals surface area contributed by atoms with E-state index in [1.807, 2.05) is 0 Å². The molecule has 2 saturated carbocycles.